The second-order valence-electron chi connectivity index (χ2n) is 4.71. The van der Waals surface area contributed by atoms with Gasteiger partial charge in [-0.2, -0.15) is 0 Å². The first-order valence-corrected chi connectivity index (χ1v) is 5.94. The number of nitrogens with zero attached hydrogens (tertiary/aromatic N) is 3. The molecule has 4 heteroatoms. The minimum atomic E-state index is 0.455. The normalized spacial score (nSPS) is 20.4. The topological polar surface area (TPSA) is 41.0 Å². The average molecular weight is 220 g/mol. The molecule has 16 heavy (non-hydrogen) atoms. The number of aromatic nitrogens is 2. The maximum atomic E-state index is 4.35. The summed E-state index contributed by atoms with van der Waals surface area (Å²) >= 11 is 0. The van der Waals surface area contributed by atoms with Crippen LogP contribution in [-0.4, -0.2) is 36.1 Å². The molecule has 1 aliphatic rings. The predicted octanol–water partition coefficient (Wildman–Crippen LogP) is 1.40. The molecular weight excluding hydrogens is 200 g/mol. The van der Waals surface area contributed by atoms with Gasteiger partial charge in [0.05, 0.1) is 0 Å². The first-order chi connectivity index (χ1) is 7.68. The van der Waals surface area contributed by atoms with Gasteiger partial charge in [-0.05, 0) is 18.9 Å². The highest BCUT2D eigenvalue weighted by molar-refractivity contribution is 5.40. The molecule has 0 spiro atoms. The second kappa shape index (κ2) is 4.78. The summed E-state index contributed by atoms with van der Waals surface area (Å²) in [5.74, 6) is 1.49. The summed E-state index contributed by atoms with van der Waals surface area (Å²) in [5.41, 5.74) is 1.11. The van der Waals surface area contributed by atoms with E-state index in [-0.39, 0.29) is 0 Å². The molecule has 1 N–H and O–H groups in total. The molecular formula is C12H20N4. The van der Waals surface area contributed by atoms with Crippen LogP contribution in [-0.2, 0) is 0 Å². The van der Waals surface area contributed by atoms with Crippen LogP contribution >= 0.6 is 0 Å². The molecule has 0 bridgehead atoms. The van der Waals surface area contributed by atoms with Gasteiger partial charge in [-0.25, -0.2) is 9.97 Å². The van der Waals surface area contributed by atoms with E-state index in [4.69, 9.17) is 0 Å². The van der Waals surface area contributed by atoms with E-state index in [1.807, 2.05) is 0 Å². The van der Waals surface area contributed by atoms with Crippen molar-refractivity contribution in [2.24, 2.45) is 0 Å². The summed E-state index contributed by atoms with van der Waals surface area (Å²) < 4.78 is 0. The standard InChI is InChI=1S/C12H20N4/c1-9(2)11-6-12(15-8-14-11)16(3)10-4-5-13-7-10/h6,8-10,13H,4-5,7H2,1-3H3. The van der Waals surface area contributed by atoms with Crippen LogP contribution in [0.1, 0.15) is 31.9 Å². The summed E-state index contributed by atoms with van der Waals surface area (Å²) in [6.07, 6.45) is 2.86. The molecule has 0 aromatic carbocycles. The van der Waals surface area contributed by atoms with E-state index in [1.165, 1.54) is 6.42 Å². The molecule has 1 fully saturated rings. The predicted molar refractivity (Wildman–Crippen MR) is 65.8 cm³/mol. The fourth-order valence-electron chi connectivity index (χ4n) is 2.03. The monoisotopic (exact) mass is 220 g/mol. The van der Waals surface area contributed by atoms with E-state index in [0.29, 0.717) is 12.0 Å². The van der Waals surface area contributed by atoms with Crippen molar-refractivity contribution in [3.63, 3.8) is 0 Å². The van der Waals surface area contributed by atoms with Gasteiger partial charge in [0.2, 0.25) is 0 Å². The van der Waals surface area contributed by atoms with Crippen molar-refractivity contribution < 1.29 is 0 Å². The molecule has 88 valence electrons. The van der Waals surface area contributed by atoms with Crippen LogP contribution in [0.25, 0.3) is 0 Å². The Hall–Kier alpha value is -1.16. The molecule has 0 aliphatic carbocycles. The van der Waals surface area contributed by atoms with Crippen LogP contribution in [0.4, 0.5) is 5.82 Å². The van der Waals surface area contributed by atoms with E-state index in [9.17, 15) is 0 Å². The third kappa shape index (κ3) is 2.32. The lowest BCUT2D eigenvalue weighted by Crippen LogP contribution is -2.34. The zero-order chi connectivity index (χ0) is 11.5. The van der Waals surface area contributed by atoms with E-state index < -0.39 is 0 Å². The first kappa shape index (κ1) is 11.3. The first-order valence-electron chi connectivity index (χ1n) is 5.94. The van der Waals surface area contributed by atoms with Crippen molar-refractivity contribution in [3.05, 3.63) is 18.1 Å². The number of nitrogens with one attached hydrogen (secondary N) is 1. The lowest BCUT2D eigenvalue weighted by molar-refractivity contribution is 0.674. The summed E-state index contributed by atoms with van der Waals surface area (Å²) in [7, 11) is 2.12. The molecule has 2 heterocycles. The molecule has 1 aromatic rings. The van der Waals surface area contributed by atoms with Gasteiger partial charge in [0.25, 0.3) is 0 Å². The van der Waals surface area contributed by atoms with E-state index in [2.05, 4.69) is 47.1 Å². The molecule has 1 aliphatic heterocycles. The zero-order valence-electron chi connectivity index (χ0n) is 10.3. The van der Waals surface area contributed by atoms with Gasteiger partial charge in [-0.3, -0.25) is 0 Å². The average Bonchev–Trinajstić information content (AvgIpc) is 2.81. The Bertz CT molecular complexity index is 345. The van der Waals surface area contributed by atoms with E-state index in [0.717, 1.165) is 24.6 Å². The molecule has 1 atom stereocenters. The summed E-state index contributed by atoms with van der Waals surface area (Å²) in [5, 5.41) is 3.38. The second-order valence-corrected chi connectivity index (χ2v) is 4.71. The van der Waals surface area contributed by atoms with Crippen molar-refractivity contribution in [2.75, 3.05) is 25.0 Å². The summed E-state index contributed by atoms with van der Waals surface area (Å²) in [6, 6.07) is 2.66. The molecule has 2 rings (SSSR count). The van der Waals surface area contributed by atoms with Crippen LogP contribution in [0.3, 0.4) is 0 Å². The van der Waals surface area contributed by atoms with Crippen molar-refractivity contribution in [3.8, 4) is 0 Å². The van der Waals surface area contributed by atoms with Crippen molar-refractivity contribution >= 4 is 5.82 Å². The Morgan fingerprint density at radius 3 is 2.88 bits per heavy atom. The number of likely N-dealkylation sites (N-methyl/N-ethyl adjacent to an activating group) is 1. The lowest BCUT2D eigenvalue weighted by Gasteiger charge is -2.25. The zero-order valence-corrected chi connectivity index (χ0v) is 10.3. The van der Waals surface area contributed by atoms with Gasteiger partial charge in [-0.1, -0.05) is 13.8 Å². The highest BCUT2D eigenvalue weighted by Crippen LogP contribution is 2.19. The number of anilines is 1. The fourth-order valence-corrected chi connectivity index (χ4v) is 2.03. The Morgan fingerprint density at radius 1 is 1.44 bits per heavy atom. The number of rotatable bonds is 3. The lowest BCUT2D eigenvalue weighted by atomic mass is 10.1. The SMILES string of the molecule is CC(C)c1cc(N(C)C2CCNC2)ncn1. The van der Waals surface area contributed by atoms with Crippen molar-refractivity contribution in [1.82, 2.24) is 15.3 Å². The van der Waals surface area contributed by atoms with Crippen LogP contribution in [0, 0.1) is 0 Å². The van der Waals surface area contributed by atoms with Crippen LogP contribution < -0.4 is 10.2 Å². The Morgan fingerprint density at radius 2 is 2.25 bits per heavy atom. The van der Waals surface area contributed by atoms with Crippen molar-refractivity contribution in [2.45, 2.75) is 32.2 Å². The van der Waals surface area contributed by atoms with Gasteiger partial charge >= 0.3 is 0 Å². The Balaban J connectivity index is 2.15. The maximum absolute atomic E-state index is 4.35. The third-order valence-corrected chi connectivity index (χ3v) is 3.21. The smallest absolute Gasteiger partial charge is 0.132 e. The molecule has 0 saturated carbocycles. The minimum absolute atomic E-state index is 0.455. The number of hydrogen-bond acceptors (Lipinski definition) is 4. The van der Waals surface area contributed by atoms with Crippen LogP contribution in [0.15, 0.2) is 12.4 Å². The molecule has 1 saturated heterocycles. The third-order valence-electron chi connectivity index (χ3n) is 3.21. The van der Waals surface area contributed by atoms with Gasteiger partial charge in [0.1, 0.15) is 12.1 Å². The Kier molecular flexibility index (Phi) is 3.39. The van der Waals surface area contributed by atoms with Gasteiger partial charge < -0.3 is 10.2 Å². The van der Waals surface area contributed by atoms with Gasteiger partial charge in [-0.15, -0.1) is 0 Å². The summed E-state index contributed by atoms with van der Waals surface area (Å²) in [4.78, 5) is 10.9. The highest BCUT2D eigenvalue weighted by Gasteiger charge is 2.20. The molecule has 0 amide bonds. The van der Waals surface area contributed by atoms with Crippen LogP contribution in [0.5, 0.6) is 0 Å². The minimum Gasteiger partial charge on any atom is -0.355 e. The molecule has 4 nitrogen and oxygen atoms in total. The quantitative estimate of drug-likeness (QED) is 0.836. The molecule has 1 unspecified atom stereocenters. The maximum Gasteiger partial charge on any atom is 0.132 e. The van der Waals surface area contributed by atoms with E-state index >= 15 is 0 Å². The van der Waals surface area contributed by atoms with Gasteiger partial charge in [0, 0.05) is 31.4 Å². The number of hydrogen-bond donors (Lipinski definition) is 1. The van der Waals surface area contributed by atoms with Gasteiger partial charge in [0.15, 0.2) is 0 Å². The molecule has 1 aromatic heterocycles. The van der Waals surface area contributed by atoms with Crippen LogP contribution in [0.2, 0.25) is 0 Å². The fraction of sp³-hybridized carbons (Fsp3) is 0.667. The molecule has 0 radical (unpaired) electrons. The highest BCUT2D eigenvalue weighted by atomic mass is 15.2. The van der Waals surface area contributed by atoms with Crippen molar-refractivity contribution in [1.29, 1.82) is 0 Å². The largest absolute Gasteiger partial charge is 0.355 e. The summed E-state index contributed by atoms with van der Waals surface area (Å²) in [6.45, 7) is 6.47. The van der Waals surface area contributed by atoms with E-state index in [1.54, 1.807) is 6.33 Å². The Labute approximate surface area is 97.1 Å².